The van der Waals surface area contributed by atoms with E-state index >= 15 is 0 Å². The number of aryl methyl sites for hydroxylation is 1. The number of nitrogens with zero attached hydrogens (tertiary/aromatic N) is 4. The Kier molecular flexibility index (Phi) is 2.57. The van der Waals surface area contributed by atoms with Crippen LogP contribution < -0.4 is 0 Å². The summed E-state index contributed by atoms with van der Waals surface area (Å²) >= 11 is 5.87. The van der Waals surface area contributed by atoms with Crippen LogP contribution in [0, 0.1) is 6.92 Å². The van der Waals surface area contributed by atoms with Crippen LogP contribution >= 0.6 is 11.6 Å². The Balaban J connectivity index is 2.53. The summed E-state index contributed by atoms with van der Waals surface area (Å²) < 4.78 is 1.25. The lowest BCUT2D eigenvalue weighted by atomic mass is 10.4. The van der Waals surface area contributed by atoms with Gasteiger partial charge in [0, 0.05) is 11.8 Å². The molecule has 0 aliphatic heterocycles. The first-order valence-electron chi connectivity index (χ1n) is 4.35. The van der Waals surface area contributed by atoms with E-state index in [0.29, 0.717) is 5.82 Å². The number of halogens is 1. The lowest BCUT2D eigenvalue weighted by Crippen LogP contribution is -2.02. The molecule has 0 aliphatic rings. The van der Waals surface area contributed by atoms with Gasteiger partial charge in [-0.05, 0) is 6.92 Å². The summed E-state index contributed by atoms with van der Waals surface area (Å²) in [4.78, 5) is 18.6. The highest BCUT2D eigenvalue weighted by Gasteiger charge is 2.16. The van der Waals surface area contributed by atoms with E-state index in [-0.39, 0.29) is 10.7 Å². The summed E-state index contributed by atoms with van der Waals surface area (Å²) in [6.07, 6.45) is 2.55. The minimum absolute atomic E-state index is 0.0191. The zero-order valence-electron chi connectivity index (χ0n) is 8.25. The van der Waals surface area contributed by atoms with E-state index in [2.05, 4.69) is 15.1 Å². The molecule has 0 bridgehead atoms. The van der Waals surface area contributed by atoms with E-state index in [1.807, 2.05) is 0 Å². The van der Waals surface area contributed by atoms with Crippen molar-refractivity contribution >= 4 is 17.6 Å². The van der Waals surface area contributed by atoms with Gasteiger partial charge >= 0.3 is 5.97 Å². The number of carbonyl (C=O) groups is 1. The molecule has 0 aliphatic carbocycles. The zero-order valence-corrected chi connectivity index (χ0v) is 9.01. The van der Waals surface area contributed by atoms with Gasteiger partial charge in [0.05, 0.1) is 6.20 Å². The molecule has 2 rings (SSSR count). The molecular weight excluding hydrogens is 232 g/mol. The molecule has 0 radical (unpaired) electrons. The van der Waals surface area contributed by atoms with Crippen molar-refractivity contribution in [2.75, 3.05) is 0 Å². The standard InChI is InChI=1S/C9H7ClN4O2/c1-5-2-7(12-4-11-5)14-8(10)6(3-13-14)9(15)16/h2-4H,1H3,(H,15,16). The van der Waals surface area contributed by atoms with E-state index in [4.69, 9.17) is 16.7 Å². The summed E-state index contributed by atoms with van der Waals surface area (Å²) in [5.74, 6) is -0.688. The van der Waals surface area contributed by atoms with Crippen LogP contribution in [-0.2, 0) is 0 Å². The first-order chi connectivity index (χ1) is 7.59. The lowest BCUT2D eigenvalue weighted by molar-refractivity contribution is 0.0697. The third-order valence-corrected chi connectivity index (χ3v) is 2.31. The molecule has 6 nitrogen and oxygen atoms in total. The highest BCUT2D eigenvalue weighted by molar-refractivity contribution is 6.32. The van der Waals surface area contributed by atoms with Gasteiger partial charge in [-0.3, -0.25) is 0 Å². The molecule has 0 spiro atoms. The van der Waals surface area contributed by atoms with Crippen molar-refractivity contribution < 1.29 is 9.90 Å². The van der Waals surface area contributed by atoms with Crippen molar-refractivity contribution in [1.29, 1.82) is 0 Å². The number of hydrogen-bond acceptors (Lipinski definition) is 4. The van der Waals surface area contributed by atoms with Gasteiger partial charge in [0.1, 0.15) is 17.0 Å². The lowest BCUT2D eigenvalue weighted by Gasteiger charge is -2.01. The monoisotopic (exact) mass is 238 g/mol. The quantitative estimate of drug-likeness (QED) is 0.853. The van der Waals surface area contributed by atoms with Crippen molar-refractivity contribution in [2.24, 2.45) is 0 Å². The maximum Gasteiger partial charge on any atom is 0.340 e. The smallest absolute Gasteiger partial charge is 0.340 e. The van der Waals surface area contributed by atoms with E-state index in [1.54, 1.807) is 13.0 Å². The molecule has 0 saturated heterocycles. The minimum Gasteiger partial charge on any atom is -0.478 e. The van der Waals surface area contributed by atoms with E-state index in [0.717, 1.165) is 5.69 Å². The predicted octanol–water partition coefficient (Wildman–Crippen LogP) is 1.32. The van der Waals surface area contributed by atoms with Crippen molar-refractivity contribution in [2.45, 2.75) is 6.92 Å². The molecule has 0 atom stereocenters. The molecular formula is C9H7ClN4O2. The fourth-order valence-electron chi connectivity index (χ4n) is 1.19. The predicted molar refractivity (Wildman–Crippen MR) is 55.9 cm³/mol. The first kappa shape index (κ1) is 10.6. The Hall–Kier alpha value is -1.95. The average molecular weight is 239 g/mol. The Morgan fingerprint density at radius 2 is 2.25 bits per heavy atom. The van der Waals surface area contributed by atoms with Gasteiger partial charge in [-0.15, -0.1) is 0 Å². The van der Waals surface area contributed by atoms with E-state index in [9.17, 15) is 4.79 Å². The maximum absolute atomic E-state index is 10.8. The Bertz CT molecular complexity index is 552. The fraction of sp³-hybridized carbons (Fsp3) is 0.111. The van der Waals surface area contributed by atoms with Gasteiger partial charge < -0.3 is 5.11 Å². The second kappa shape index (κ2) is 3.90. The normalized spacial score (nSPS) is 10.4. The zero-order chi connectivity index (χ0) is 11.7. The largest absolute Gasteiger partial charge is 0.478 e. The molecule has 7 heteroatoms. The molecule has 0 saturated carbocycles. The van der Waals surface area contributed by atoms with Crippen LogP contribution in [-0.4, -0.2) is 30.8 Å². The SMILES string of the molecule is Cc1cc(-n2ncc(C(=O)O)c2Cl)ncn1. The number of carboxylic acid groups (broad SMARTS) is 1. The summed E-state index contributed by atoms with van der Waals surface area (Å²) in [6, 6.07) is 1.66. The van der Waals surface area contributed by atoms with Crippen LogP contribution in [0.5, 0.6) is 0 Å². The van der Waals surface area contributed by atoms with Crippen molar-refractivity contribution in [3.8, 4) is 5.82 Å². The number of carboxylic acids is 1. The van der Waals surface area contributed by atoms with Crippen molar-refractivity contribution in [3.63, 3.8) is 0 Å². The summed E-state index contributed by atoms with van der Waals surface area (Å²) in [5, 5.41) is 12.7. The molecule has 16 heavy (non-hydrogen) atoms. The number of rotatable bonds is 2. The van der Waals surface area contributed by atoms with E-state index in [1.165, 1.54) is 17.2 Å². The van der Waals surface area contributed by atoms with Crippen LogP contribution in [0.2, 0.25) is 5.15 Å². The van der Waals surface area contributed by atoms with Gasteiger partial charge in [-0.2, -0.15) is 5.10 Å². The van der Waals surface area contributed by atoms with Crippen LogP contribution in [0.4, 0.5) is 0 Å². The first-order valence-corrected chi connectivity index (χ1v) is 4.73. The van der Waals surface area contributed by atoms with Gasteiger partial charge in [0.2, 0.25) is 0 Å². The molecule has 2 heterocycles. The topological polar surface area (TPSA) is 80.9 Å². The van der Waals surface area contributed by atoms with Crippen molar-refractivity contribution in [1.82, 2.24) is 19.7 Å². The minimum atomic E-state index is -1.12. The Morgan fingerprint density at radius 1 is 1.50 bits per heavy atom. The van der Waals surface area contributed by atoms with Crippen LogP contribution in [0.1, 0.15) is 16.1 Å². The number of aromatic nitrogens is 4. The summed E-state index contributed by atoms with van der Waals surface area (Å²) in [7, 11) is 0. The molecule has 82 valence electrons. The molecule has 2 aromatic heterocycles. The van der Waals surface area contributed by atoms with Gasteiger partial charge in [-0.1, -0.05) is 11.6 Å². The summed E-state index contributed by atoms with van der Waals surface area (Å²) in [6.45, 7) is 1.79. The fourth-order valence-corrected chi connectivity index (χ4v) is 1.45. The molecule has 0 fully saturated rings. The Labute approximate surface area is 95.5 Å². The molecule has 0 unspecified atom stereocenters. The Morgan fingerprint density at radius 3 is 2.81 bits per heavy atom. The third-order valence-electron chi connectivity index (χ3n) is 1.95. The molecule has 0 aromatic carbocycles. The number of hydrogen-bond donors (Lipinski definition) is 1. The average Bonchev–Trinajstić information content (AvgIpc) is 2.60. The summed E-state index contributed by atoms with van der Waals surface area (Å²) in [5.41, 5.74) is 0.686. The highest BCUT2D eigenvalue weighted by Crippen LogP contribution is 2.18. The molecule has 1 N–H and O–H groups in total. The number of aromatic carboxylic acids is 1. The van der Waals surface area contributed by atoms with Gasteiger partial charge in [-0.25, -0.2) is 19.4 Å². The maximum atomic E-state index is 10.8. The van der Waals surface area contributed by atoms with Crippen LogP contribution in [0.3, 0.4) is 0 Å². The molecule has 0 amide bonds. The van der Waals surface area contributed by atoms with E-state index < -0.39 is 5.97 Å². The second-order valence-corrected chi connectivity index (χ2v) is 3.44. The third kappa shape index (κ3) is 1.74. The van der Waals surface area contributed by atoms with Crippen LogP contribution in [0.25, 0.3) is 5.82 Å². The van der Waals surface area contributed by atoms with Crippen LogP contribution in [0.15, 0.2) is 18.6 Å². The van der Waals surface area contributed by atoms with Gasteiger partial charge in [0.15, 0.2) is 5.82 Å². The second-order valence-electron chi connectivity index (χ2n) is 3.08. The van der Waals surface area contributed by atoms with Crippen molar-refractivity contribution in [3.05, 3.63) is 35.0 Å². The van der Waals surface area contributed by atoms with Gasteiger partial charge in [0.25, 0.3) is 0 Å². The molecule has 2 aromatic rings. The highest BCUT2D eigenvalue weighted by atomic mass is 35.5.